The fourth-order valence-corrected chi connectivity index (χ4v) is 1260. The first kappa shape index (κ1) is 122. The monoisotopic (exact) mass is 2720 g/mol. The molecule has 0 bridgehead atoms. The maximum absolute atomic E-state index is 3.79. The molecule has 0 aliphatic carbocycles. The minimum Gasteiger partial charge on any atom is -0.109 e. The molecular formula is H87P85. The van der Waals surface area contributed by atoms with Gasteiger partial charge in [-0.3, -0.25) is 0 Å². The summed E-state index contributed by atoms with van der Waals surface area (Å²) in [6.07, 6.45) is 0. The zero-order valence-electron chi connectivity index (χ0n) is 43.7. The van der Waals surface area contributed by atoms with Crippen molar-refractivity contribution in [3.8, 4) is 0 Å². The van der Waals surface area contributed by atoms with Gasteiger partial charge in [-0.1, -0.05) is 7.96 Å². The van der Waals surface area contributed by atoms with Gasteiger partial charge in [0.05, 0.1) is 0 Å². The molecule has 47 atom stereocenters. The summed E-state index contributed by atoms with van der Waals surface area (Å²) in [5.41, 5.74) is 0. The molecule has 0 aromatic carbocycles. The van der Waals surface area contributed by atoms with E-state index < -0.39 is 69.9 Å². The molecule has 0 N–H and O–H groups in total. The van der Waals surface area contributed by atoms with E-state index in [4.69, 9.17) is 0 Å². The van der Waals surface area contributed by atoms with Crippen molar-refractivity contribution in [3.63, 3.8) is 0 Å². The van der Waals surface area contributed by atoms with Gasteiger partial charge < -0.3 is 0 Å². The molecule has 0 amide bonds. The van der Waals surface area contributed by atoms with Crippen molar-refractivity contribution in [2.75, 3.05) is 0 Å². The molecule has 47 unspecified atom stereocenters. The Balaban J connectivity index is 13.2. The summed E-state index contributed by atoms with van der Waals surface area (Å²) in [5, 5.41) is 0. The lowest BCUT2D eigenvalue weighted by atomic mass is 28.4. The number of hydrogen-bond donors (Lipinski definition) is 0. The minimum atomic E-state index is -0.504. The predicted molar refractivity (Wildman–Crippen MR) is 710 cm³/mol. The summed E-state index contributed by atoms with van der Waals surface area (Å²) in [5.74, 6) is 0. The smallest absolute Gasteiger partial charge is 0.00000319 e. The third-order valence-electron chi connectivity index (χ3n) is 7.51. The van der Waals surface area contributed by atoms with Crippen LogP contribution in [0.25, 0.3) is 0 Å². The SMILES string of the molecule is PPP(P(P)P)P(P(P(P)P)P(P)P)P(P(P(P)P)P(P)P)P(P(P(P(P(P)P)P(P)P)P(P(P)P)P(P)P)P(P(P(P)P)P(P)P)P(P(P)P)P(P)P)P(P(P(P(P)P)P(P)P)P(P(P)P)P(P)P)P(P(P(P)P)P(P)P)P(P(P)P)P(P)P. The standard InChI is InChI=1S/H87P85/c1-44-66(45(2)3)77(67(46(4)5)47(6)7)82(76(64(40)41)65(42)43)85(83(78(68(48(8)9)49(10)11)69(50(12)13)51(14)15)79(70(52(16)17)53(18)19)71(54(20)21)55(22)23)84(80(72(56(24)25)57(26)27)73(58(28)29)59(30)31)81(74(60(32)33)61(34)35)75(62(36)37)63(38)39/h44H,1-43H2. The van der Waals surface area contributed by atoms with E-state index in [9.17, 15) is 0 Å². The molecule has 0 rings (SSSR count). The van der Waals surface area contributed by atoms with Gasteiger partial charge in [-0.15, -0.1) is 384 Å². The van der Waals surface area contributed by atoms with Gasteiger partial charge in [0.25, 0.3) is 0 Å². The second kappa shape index (κ2) is 66.8. The van der Waals surface area contributed by atoms with Crippen molar-refractivity contribution in [1.82, 2.24) is 0 Å². The molecule has 0 aromatic rings. The van der Waals surface area contributed by atoms with Gasteiger partial charge in [0, 0.05) is 0 Å². The van der Waals surface area contributed by atoms with Gasteiger partial charge in [-0.25, -0.2) is 0 Å². The molecule has 85 heteroatoms. The Morgan fingerprint density at radius 2 is 0.188 bits per heavy atom. The van der Waals surface area contributed by atoms with E-state index in [0.29, 0.717) is 0 Å². The molecule has 0 saturated carbocycles. The van der Waals surface area contributed by atoms with Crippen molar-refractivity contribution in [2.24, 2.45) is 0 Å². The quantitative estimate of drug-likeness (QED) is 0.0535. The normalized spacial score (nSPS) is 15.8. The fourth-order valence-electron chi connectivity index (χ4n) is 5.19. The lowest BCUT2D eigenvalue weighted by Gasteiger charge is -2.63. The zero-order valence-corrected chi connectivity index (χ0v) is 131. The van der Waals surface area contributed by atoms with Crippen LogP contribution in [-0.4, -0.2) is 0 Å². The second-order valence-electron chi connectivity index (χ2n) is 13.5. The van der Waals surface area contributed by atoms with Crippen molar-refractivity contribution in [3.05, 3.63) is 0 Å². The maximum atomic E-state index is 3.79. The van der Waals surface area contributed by atoms with Crippen LogP contribution < -0.4 is 0 Å². The van der Waals surface area contributed by atoms with E-state index in [2.05, 4.69) is 384 Å². The summed E-state index contributed by atoms with van der Waals surface area (Å²) in [7, 11) is 161. The summed E-state index contributed by atoms with van der Waals surface area (Å²) in [4.78, 5) is 0. The molecule has 0 nitrogen and oxygen atoms in total. The molecule has 0 fully saturated rings. The molecule has 0 aromatic heterocycles. The van der Waals surface area contributed by atoms with Crippen LogP contribution in [0, 0.1) is 0 Å². The van der Waals surface area contributed by atoms with Crippen LogP contribution in [0.5, 0.6) is 0 Å². The molecule has 0 aliphatic rings. The molecule has 0 saturated heterocycles. The molecule has 0 spiro atoms. The number of hydrogen-bond acceptors (Lipinski definition) is 0. The van der Waals surface area contributed by atoms with Crippen molar-refractivity contribution in [1.29, 1.82) is 0 Å². The average molecular weight is 2720 g/mol. The van der Waals surface area contributed by atoms with Crippen LogP contribution in [0.2, 0.25) is 0 Å². The largest absolute Gasteiger partial charge is 0.109 e. The fraction of sp³-hybridized carbons (Fsp3) is 0. The molecule has 85 heavy (non-hydrogen) atoms. The first-order chi connectivity index (χ1) is 38.7. The van der Waals surface area contributed by atoms with Gasteiger partial charge in [-0.2, -0.15) is 0 Å². The first-order valence-electron chi connectivity index (χ1n) is 19.4. The van der Waals surface area contributed by atoms with Gasteiger partial charge in [0.1, 0.15) is 0 Å². The second-order valence-corrected chi connectivity index (χ2v) is 364. The summed E-state index contributed by atoms with van der Waals surface area (Å²) < 4.78 is 0. The summed E-state index contributed by atoms with van der Waals surface area (Å²) in [6.45, 7) is -15.1. The zero-order chi connectivity index (χ0) is 67.4. The molecule has 0 heterocycles. The van der Waals surface area contributed by atoms with E-state index in [0.717, 1.165) is 7.96 Å². The highest BCUT2D eigenvalue weighted by Crippen LogP contribution is 3.53. The Morgan fingerprint density at radius 1 is 0.106 bits per heavy atom. The van der Waals surface area contributed by atoms with Gasteiger partial charge in [0.15, 0.2) is 0 Å². The van der Waals surface area contributed by atoms with Crippen molar-refractivity contribution in [2.45, 2.75) is 0 Å². The van der Waals surface area contributed by atoms with Crippen LogP contribution in [0.15, 0.2) is 0 Å². The third-order valence-corrected chi connectivity index (χ3v) is 609. The van der Waals surface area contributed by atoms with Crippen LogP contribution >= 0.6 is 678 Å². The summed E-state index contributed by atoms with van der Waals surface area (Å²) in [6, 6.07) is 0. The number of rotatable bonds is 41. The van der Waals surface area contributed by atoms with E-state index >= 15 is 0 Å². The molecular weight excluding hydrogens is 2630 g/mol. The van der Waals surface area contributed by atoms with Crippen LogP contribution in [0.3, 0.4) is 0 Å². The maximum Gasteiger partial charge on any atom is -0.00000319 e. The lowest BCUT2D eigenvalue weighted by Crippen LogP contribution is -1.76. The Kier molecular flexibility index (Phi) is 95.6. The average Bonchev–Trinajstić information content (AvgIpc) is 3.27. The van der Waals surface area contributed by atoms with E-state index in [1.54, 1.807) is 0 Å². The highest BCUT2D eigenvalue weighted by Gasteiger charge is 2.65. The van der Waals surface area contributed by atoms with E-state index in [-0.39, 0.29) is 217 Å². The highest BCUT2D eigenvalue weighted by molar-refractivity contribution is 9.58. The van der Waals surface area contributed by atoms with Crippen molar-refractivity contribution >= 4 is 678 Å². The summed E-state index contributed by atoms with van der Waals surface area (Å²) >= 11 is 0. The lowest BCUT2D eigenvalue weighted by molar-refractivity contribution is 4.30. The Labute approximate surface area is 667 Å². The third kappa shape index (κ3) is 43.0. The van der Waals surface area contributed by atoms with Gasteiger partial charge in [-0.05, 0) is 286 Å². The Morgan fingerprint density at radius 3 is 0.271 bits per heavy atom. The van der Waals surface area contributed by atoms with Gasteiger partial charge in [0.2, 0.25) is 0 Å². The molecule has 0 aliphatic heterocycles. The molecule has 512 valence electrons. The minimum absolute atomic E-state index is 0.263. The first-order valence-corrected chi connectivity index (χ1v) is 174. The van der Waals surface area contributed by atoms with Crippen molar-refractivity contribution < 1.29 is 0 Å². The predicted octanol–water partition coefficient (Wildman–Crippen LogP) is 49.9. The van der Waals surface area contributed by atoms with Crippen LogP contribution in [0.1, 0.15) is 0 Å². The van der Waals surface area contributed by atoms with Crippen LogP contribution in [-0.2, 0) is 0 Å². The van der Waals surface area contributed by atoms with Crippen LogP contribution in [0.4, 0.5) is 0 Å². The Bertz CT molecular complexity index is 1340. The topological polar surface area (TPSA) is 0 Å². The molecule has 0 radical (unpaired) electrons. The highest BCUT2D eigenvalue weighted by atomic mass is 33.6. The van der Waals surface area contributed by atoms with E-state index in [1.165, 1.54) is 0 Å². The van der Waals surface area contributed by atoms with E-state index in [1.807, 2.05) is 0 Å². The Hall–Kier alpha value is 36.5. The van der Waals surface area contributed by atoms with Gasteiger partial charge >= 0.3 is 0 Å².